The highest BCUT2D eigenvalue weighted by molar-refractivity contribution is 6.30. The van der Waals surface area contributed by atoms with Crippen molar-refractivity contribution in [2.75, 3.05) is 19.7 Å². The first-order valence-electron chi connectivity index (χ1n) is 6.06. The van der Waals surface area contributed by atoms with E-state index in [-0.39, 0.29) is 19.3 Å². The molecule has 1 aromatic rings. The molecule has 5 nitrogen and oxygen atoms in total. The molecule has 104 valence electrons. The number of rotatable bonds is 5. The van der Waals surface area contributed by atoms with Crippen molar-refractivity contribution in [3.63, 3.8) is 0 Å². The molecule has 2 atom stereocenters. The van der Waals surface area contributed by atoms with E-state index < -0.39 is 12.2 Å². The largest absolute Gasteiger partial charge is 0.490 e. The highest BCUT2D eigenvalue weighted by Gasteiger charge is 2.32. The van der Waals surface area contributed by atoms with Gasteiger partial charge in [-0.2, -0.15) is 0 Å². The summed E-state index contributed by atoms with van der Waals surface area (Å²) in [7, 11) is 0. The minimum Gasteiger partial charge on any atom is -0.490 e. The van der Waals surface area contributed by atoms with E-state index in [4.69, 9.17) is 21.1 Å². The Balaban J connectivity index is 1.83. The zero-order valence-corrected chi connectivity index (χ0v) is 11.3. The molecule has 0 unspecified atom stereocenters. The molecule has 0 spiro atoms. The van der Waals surface area contributed by atoms with Crippen molar-refractivity contribution in [2.24, 2.45) is 0 Å². The molecule has 0 aromatic heterocycles. The molecule has 6 heteroatoms. The summed E-state index contributed by atoms with van der Waals surface area (Å²) in [6.07, 6.45) is -1.31. The minimum atomic E-state index is -0.569. The van der Waals surface area contributed by atoms with E-state index in [0.29, 0.717) is 17.3 Å². The van der Waals surface area contributed by atoms with E-state index in [1.807, 2.05) is 0 Å². The topological polar surface area (TPSA) is 59.0 Å². The van der Waals surface area contributed by atoms with Crippen LogP contribution in [0, 0.1) is 0 Å². The Morgan fingerprint density at radius 2 is 2.42 bits per heavy atom. The Hall–Kier alpha value is -1.46. The summed E-state index contributed by atoms with van der Waals surface area (Å²) >= 11 is 5.84. The number of carbonyl (C=O) groups excluding carboxylic acids is 1. The number of hydrogen-bond acceptors (Lipinski definition) is 4. The molecule has 1 aromatic carbocycles. The Morgan fingerprint density at radius 3 is 3.11 bits per heavy atom. The number of ether oxygens (including phenoxy) is 2. The summed E-state index contributed by atoms with van der Waals surface area (Å²) in [4.78, 5) is 13.0. The number of nitrogens with zero attached hydrogens (tertiary/aromatic N) is 1. The normalized spacial score (nSPS) is 20.3. The lowest BCUT2D eigenvalue weighted by atomic mass is 10.3. The maximum atomic E-state index is 11.5. The second kappa shape index (κ2) is 6.12. The smallest absolute Gasteiger partial charge is 0.410 e. The van der Waals surface area contributed by atoms with Crippen LogP contribution in [-0.4, -0.2) is 48.0 Å². The number of carbonyl (C=O) groups is 1. The maximum absolute atomic E-state index is 11.5. The number of benzene rings is 1. The van der Waals surface area contributed by atoms with Gasteiger partial charge in [-0.3, -0.25) is 0 Å². The van der Waals surface area contributed by atoms with Crippen LogP contribution in [0.25, 0.3) is 0 Å². The summed E-state index contributed by atoms with van der Waals surface area (Å²) in [5.41, 5.74) is 0. The van der Waals surface area contributed by atoms with Gasteiger partial charge in [-0.05, 0) is 25.1 Å². The molecule has 0 radical (unpaired) electrons. The molecule has 1 fully saturated rings. The SMILES string of the molecule is C[C@@H](O)CN1C[C@@H](COc2cccc(Cl)c2)OC1=O. The molecule has 0 aliphatic carbocycles. The Labute approximate surface area is 116 Å². The molecule has 1 saturated heterocycles. The average Bonchev–Trinajstić information content (AvgIpc) is 2.67. The molecule has 2 rings (SSSR count). The summed E-state index contributed by atoms with van der Waals surface area (Å²) in [5, 5.41) is 9.85. The van der Waals surface area contributed by atoms with Gasteiger partial charge in [0, 0.05) is 11.6 Å². The van der Waals surface area contributed by atoms with Crippen LogP contribution in [0.5, 0.6) is 5.75 Å². The van der Waals surface area contributed by atoms with Crippen LogP contribution in [-0.2, 0) is 4.74 Å². The fourth-order valence-electron chi connectivity index (χ4n) is 1.88. The highest BCUT2D eigenvalue weighted by atomic mass is 35.5. The molecule has 1 aliphatic heterocycles. The number of halogens is 1. The first-order valence-corrected chi connectivity index (χ1v) is 6.44. The third-order valence-corrected chi connectivity index (χ3v) is 2.90. The van der Waals surface area contributed by atoms with E-state index in [2.05, 4.69) is 0 Å². The van der Waals surface area contributed by atoms with Crippen LogP contribution in [0.3, 0.4) is 0 Å². The molecule has 1 heterocycles. The lowest BCUT2D eigenvalue weighted by Crippen LogP contribution is -2.32. The number of cyclic esters (lactones) is 1. The maximum Gasteiger partial charge on any atom is 0.410 e. The fraction of sp³-hybridized carbons (Fsp3) is 0.462. The monoisotopic (exact) mass is 285 g/mol. The van der Waals surface area contributed by atoms with Crippen molar-refractivity contribution in [1.29, 1.82) is 0 Å². The Morgan fingerprint density at radius 1 is 1.63 bits per heavy atom. The zero-order valence-electron chi connectivity index (χ0n) is 10.6. The molecule has 19 heavy (non-hydrogen) atoms. The lowest BCUT2D eigenvalue weighted by molar-refractivity contribution is 0.0998. The summed E-state index contributed by atoms with van der Waals surface area (Å²) in [5.74, 6) is 0.637. The third-order valence-electron chi connectivity index (χ3n) is 2.67. The van der Waals surface area contributed by atoms with Gasteiger partial charge in [-0.15, -0.1) is 0 Å². The van der Waals surface area contributed by atoms with Crippen LogP contribution in [0.2, 0.25) is 5.02 Å². The van der Waals surface area contributed by atoms with Gasteiger partial charge in [0.1, 0.15) is 12.4 Å². The van der Waals surface area contributed by atoms with Crippen LogP contribution in [0.4, 0.5) is 4.79 Å². The first kappa shape index (κ1) is 14.0. The van der Waals surface area contributed by atoms with E-state index >= 15 is 0 Å². The van der Waals surface area contributed by atoms with Crippen molar-refractivity contribution in [3.8, 4) is 5.75 Å². The molecule has 1 aliphatic rings. The van der Waals surface area contributed by atoms with E-state index in [1.165, 1.54) is 4.90 Å². The van der Waals surface area contributed by atoms with Gasteiger partial charge in [0.2, 0.25) is 0 Å². The molecule has 1 amide bonds. The van der Waals surface area contributed by atoms with E-state index in [9.17, 15) is 9.90 Å². The van der Waals surface area contributed by atoms with Gasteiger partial charge >= 0.3 is 6.09 Å². The van der Waals surface area contributed by atoms with Crippen molar-refractivity contribution in [1.82, 2.24) is 4.90 Å². The molecular formula is C13H16ClNO4. The first-order chi connectivity index (χ1) is 9.04. The van der Waals surface area contributed by atoms with E-state index in [1.54, 1.807) is 31.2 Å². The summed E-state index contributed by atoms with van der Waals surface area (Å²) < 4.78 is 10.7. The molecule has 0 saturated carbocycles. The van der Waals surface area contributed by atoms with Gasteiger partial charge in [0.15, 0.2) is 6.10 Å². The second-order valence-corrected chi connectivity index (χ2v) is 4.96. The Bertz CT molecular complexity index is 452. The van der Waals surface area contributed by atoms with Crippen molar-refractivity contribution >= 4 is 17.7 Å². The van der Waals surface area contributed by atoms with Gasteiger partial charge in [0.25, 0.3) is 0 Å². The summed E-state index contributed by atoms with van der Waals surface area (Å²) in [6.45, 7) is 2.59. The fourth-order valence-corrected chi connectivity index (χ4v) is 2.06. The van der Waals surface area contributed by atoms with Gasteiger partial charge in [-0.25, -0.2) is 4.79 Å². The number of hydrogen-bond donors (Lipinski definition) is 1. The van der Waals surface area contributed by atoms with Crippen molar-refractivity contribution in [3.05, 3.63) is 29.3 Å². The average molecular weight is 286 g/mol. The van der Waals surface area contributed by atoms with Gasteiger partial charge in [-0.1, -0.05) is 17.7 Å². The van der Waals surface area contributed by atoms with Gasteiger partial charge in [0.05, 0.1) is 12.6 Å². The van der Waals surface area contributed by atoms with Crippen LogP contribution in [0.1, 0.15) is 6.92 Å². The highest BCUT2D eigenvalue weighted by Crippen LogP contribution is 2.19. The van der Waals surface area contributed by atoms with Crippen LogP contribution >= 0.6 is 11.6 Å². The van der Waals surface area contributed by atoms with Gasteiger partial charge < -0.3 is 19.5 Å². The van der Waals surface area contributed by atoms with Crippen molar-refractivity contribution < 1.29 is 19.4 Å². The van der Waals surface area contributed by atoms with Crippen LogP contribution in [0.15, 0.2) is 24.3 Å². The molecule has 0 bridgehead atoms. The Kier molecular flexibility index (Phi) is 4.50. The molecule has 1 N–H and O–H groups in total. The number of aliphatic hydroxyl groups excluding tert-OH is 1. The van der Waals surface area contributed by atoms with Crippen molar-refractivity contribution in [2.45, 2.75) is 19.1 Å². The lowest BCUT2D eigenvalue weighted by Gasteiger charge is -2.14. The second-order valence-electron chi connectivity index (χ2n) is 4.53. The third kappa shape index (κ3) is 4.01. The summed E-state index contributed by atoms with van der Waals surface area (Å²) in [6, 6.07) is 7.04. The quantitative estimate of drug-likeness (QED) is 0.898. The zero-order chi connectivity index (χ0) is 13.8. The minimum absolute atomic E-state index is 0.266. The predicted octanol–water partition coefficient (Wildman–Crippen LogP) is 1.92. The number of aliphatic hydroxyl groups is 1. The number of β-amino-alcohol motifs (C(OH)–C–C–N with tert-alkyl or cyclic N) is 1. The van der Waals surface area contributed by atoms with E-state index in [0.717, 1.165) is 0 Å². The standard InChI is InChI=1S/C13H16ClNO4/c1-9(16)6-15-7-12(19-13(15)17)8-18-11-4-2-3-10(14)5-11/h2-5,9,12,16H,6-8H2,1H3/t9-,12+/m1/s1. The predicted molar refractivity (Wildman–Crippen MR) is 70.5 cm³/mol. The molecular weight excluding hydrogens is 270 g/mol. The van der Waals surface area contributed by atoms with Crippen LogP contribution < -0.4 is 4.74 Å². The number of amides is 1.